The smallest absolute Gasteiger partial charge is 0.405 e. The molecule has 2 aliphatic carbocycles. The minimum atomic E-state index is -3.11. The van der Waals surface area contributed by atoms with Crippen molar-refractivity contribution in [2.45, 2.75) is 122 Å². The van der Waals surface area contributed by atoms with E-state index < -0.39 is 71.9 Å². The Kier molecular flexibility index (Phi) is 9.27. The summed E-state index contributed by atoms with van der Waals surface area (Å²) in [6.07, 6.45) is 3.62. The molecule has 4 amide bonds. The van der Waals surface area contributed by atoms with Crippen molar-refractivity contribution in [3.8, 4) is 0 Å². The number of amides is 4. The summed E-state index contributed by atoms with van der Waals surface area (Å²) in [5.74, 6) is -6.30. The van der Waals surface area contributed by atoms with Gasteiger partial charge in [-0.3, -0.25) is 19.2 Å². The lowest BCUT2D eigenvalue weighted by Gasteiger charge is -2.46. The van der Waals surface area contributed by atoms with Crippen molar-refractivity contribution in [3.05, 3.63) is 0 Å². The molecular formula is C27H42F2N4O6. The average Bonchev–Trinajstić information content (AvgIpc) is 3.53. The van der Waals surface area contributed by atoms with Gasteiger partial charge in [0.05, 0.1) is 6.04 Å². The summed E-state index contributed by atoms with van der Waals surface area (Å²) in [5, 5.41) is 16.7. The molecule has 2 unspecified atom stereocenters. The molecule has 3 aliphatic rings. The number of alkyl halides is 2. The minimum absolute atomic E-state index is 0.129. The topological polar surface area (TPSA) is 145 Å². The number of Topliss-reactive ketones (excluding diaryl/α,β-unsaturated/α-hetero) is 1. The summed E-state index contributed by atoms with van der Waals surface area (Å²) < 4.78 is 27.4. The first kappa shape index (κ1) is 30.7. The Morgan fingerprint density at radius 2 is 1.62 bits per heavy atom. The molecule has 2 saturated carbocycles. The first-order chi connectivity index (χ1) is 18.0. The summed E-state index contributed by atoms with van der Waals surface area (Å²) in [7, 11) is 0. The third kappa shape index (κ3) is 8.35. The summed E-state index contributed by atoms with van der Waals surface area (Å²) in [6, 6.07) is -3.77. The van der Waals surface area contributed by atoms with Gasteiger partial charge in [-0.05, 0) is 62.7 Å². The van der Waals surface area contributed by atoms with Crippen molar-refractivity contribution in [2.24, 2.45) is 10.8 Å². The van der Waals surface area contributed by atoms with E-state index in [4.69, 9.17) is 0 Å². The van der Waals surface area contributed by atoms with Crippen LogP contribution in [-0.2, 0) is 19.2 Å². The highest BCUT2D eigenvalue weighted by atomic mass is 19.3. The van der Waals surface area contributed by atoms with Gasteiger partial charge in [-0.15, -0.1) is 0 Å². The van der Waals surface area contributed by atoms with Crippen LogP contribution in [0.2, 0.25) is 0 Å². The number of ketones is 1. The van der Waals surface area contributed by atoms with Gasteiger partial charge in [0.15, 0.2) is 0 Å². The molecule has 1 saturated heterocycles. The molecule has 0 aromatic heterocycles. The predicted octanol–water partition coefficient (Wildman–Crippen LogP) is 2.99. The largest absolute Gasteiger partial charge is 0.465 e. The van der Waals surface area contributed by atoms with Gasteiger partial charge in [0.25, 0.3) is 5.91 Å². The number of hydrogen-bond donors (Lipinski definition) is 4. The predicted molar refractivity (Wildman–Crippen MR) is 138 cm³/mol. The van der Waals surface area contributed by atoms with Crippen LogP contribution in [0.15, 0.2) is 0 Å². The summed E-state index contributed by atoms with van der Waals surface area (Å²) >= 11 is 0. The number of hydrogen-bond acceptors (Lipinski definition) is 5. The number of carbonyl (C=O) groups is 5. The van der Waals surface area contributed by atoms with Crippen molar-refractivity contribution in [1.82, 2.24) is 20.9 Å². The van der Waals surface area contributed by atoms with Crippen LogP contribution < -0.4 is 16.0 Å². The molecule has 0 radical (unpaired) electrons. The maximum Gasteiger partial charge on any atom is 0.405 e. The number of carbonyl (C=O) groups excluding carboxylic acids is 4. The third-order valence-electron chi connectivity index (χ3n) is 8.16. The molecule has 10 nitrogen and oxygen atoms in total. The standard InChI is InChI=1S/C27H42F2N4O6/c1-25(2,3)20(32-24(38)39)23(37)33-14-13-27(10-5-6-11-27)15-18(33)21(35)31-17(9-12-26(4,28)29)19(34)22(36)30-16-7-8-16/h16-18,20,32H,5-15H2,1-4H3,(H,30,36)(H,31,35)(H,38,39)/t17?,18?,20-/m1/s1. The van der Waals surface area contributed by atoms with Gasteiger partial charge < -0.3 is 26.0 Å². The number of halogens is 2. The van der Waals surface area contributed by atoms with E-state index in [2.05, 4.69) is 16.0 Å². The van der Waals surface area contributed by atoms with Gasteiger partial charge in [0.1, 0.15) is 12.1 Å². The van der Waals surface area contributed by atoms with Crippen molar-refractivity contribution in [3.63, 3.8) is 0 Å². The van der Waals surface area contributed by atoms with Gasteiger partial charge in [-0.2, -0.15) is 0 Å². The number of carboxylic acid groups (broad SMARTS) is 1. The lowest BCUT2D eigenvalue weighted by Crippen LogP contribution is -2.63. The Bertz CT molecular complexity index is 966. The second-order valence-electron chi connectivity index (χ2n) is 12.7. The third-order valence-corrected chi connectivity index (χ3v) is 8.16. The second kappa shape index (κ2) is 11.8. The molecule has 3 rings (SSSR count). The highest BCUT2D eigenvalue weighted by Crippen LogP contribution is 2.48. The normalized spacial score (nSPS) is 22.6. The highest BCUT2D eigenvalue weighted by Gasteiger charge is 2.49. The Morgan fingerprint density at radius 1 is 1.00 bits per heavy atom. The number of nitrogens with one attached hydrogen (secondary N) is 3. The van der Waals surface area contributed by atoms with E-state index in [1.807, 2.05) is 0 Å². The van der Waals surface area contributed by atoms with Crippen LogP contribution in [0.1, 0.15) is 91.9 Å². The van der Waals surface area contributed by atoms with Crippen molar-refractivity contribution in [2.75, 3.05) is 6.54 Å². The molecule has 39 heavy (non-hydrogen) atoms. The van der Waals surface area contributed by atoms with Crippen LogP contribution in [0, 0.1) is 10.8 Å². The lowest BCUT2D eigenvalue weighted by atomic mass is 9.73. The molecular weight excluding hydrogens is 514 g/mol. The Balaban J connectivity index is 1.86. The number of rotatable bonds is 10. The zero-order valence-electron chi connectivity index (χ0n) is 23.3. The molecule has 0 aromatic carbocycles. The van der Waals surface area contributed by atoms with Crippen LogP contribution >= 0.6 is 0 Å². The van der Waals surface area contributed by atoms with E-state index in [1.165, 1.54) is 4.90 Å². The molecule has 220 valence electrons. The molecule has 1 heterocycles. The Morgan fingerprint density at radius 3 is 2.13 bits per heavy atom. The number of nitrogens with zero attached hydrogens (tertiary/aromatic N) is 1. The van der Waals surface area contributed by atoms with Gasteiger partial charge in [-0.1, -0.05) is 33.6 Å². The fourth-order valence-electron chi connectivity index (χ4n) is 5.73. The maximum atomic E-state index is 13.7. The molecule has 4 N–H and O–H groups in total. The van der Waals surface area contributed by atoms with Crippen molar-refractivity contribution in [1.29, 1.82) is 0 Å². The average molecular weight is 557 g/mol. The minimum Gasteiger partial charge on any atom is -0.465 e. The fraction of sp³-hybridized carbons (Fsp3) is 0.815. The highest BCUT2D eigenvalue weighted by molar-refractivity contribution is 6.38. The zero-order chi connectivity index (χ0) is 29.2. The molecule has 1 spiro atoms. The molecule has 1 aliphatic heterocycles. The first-order valence-corrected chi connectivity index (χ1v) is 13.8. The van der Waals surface area contributed by atoms with Gasteiger partial charge in [0.2, 0.25) is 23.5 Å². The van der Waals surface area contributed by atoms with Crippen LogP contribution in [0.25, 0.3) is 0 Å². The summed E-state index contributed by atoms with van der Waals surface area (Å²) in [5.41, 5.74) is -0.972. The first-order valence-electron chi connectivity index (χ1n) is 13.8. The van der Waals surface area contributed by atoms with Gasteiger partial charge in [-0.25, -0.2) is 13.6 Å². The van der Waals surface area contributed by atoms with E-state index in [0.717, 1.165) is 38.5 Å². The zero-order valence-corrected chi connectivity index (χ0v) is 23.3. The SMILES string of the molecule is CC(F)(F)CCC(NC(=O)C1CC2(CCCC2)CCN1C(=O)[C@@H](NC(=O)O)C(C)(C)C)C(=O)C(=O)NC1CC1. The van der Waals surface area contributed by atoms with Gasteiger partial charge in [0, 0.05) is 19.0 Å². The van der Waals surface area contributed by atoms with Crippen molar-refractivity contribution >= 4 is 29.6 Å². The molecule has 0 aromatic rings. The maximum absolute atomic E-state index is 13.7. The van der Waals surface area contributed by atoms with E-state index in [9.17, 15) is 37.9 Å². The monoisotopic (exact) mass is 556 g/mol. The number of likely N-dealkylation sites (tertiary alicyclic amines) is 1. The van der Waals surface area contributed by atoms with Gasteiger partial charge >= 0.3 is 6.09 Å². The Labute approximate surface area is 228 Å². The molecule has 3 fully saturated rings. The lowest BCUT2D eigenvalue weighted by molar-refractivity contribution is -0.150. The quantitative estimate of drug-likeness (QED) is 0.305. The van der Waals surface area contributed by atoms with E-state index in [0.29, 0.717) is 19.8 Å². The molecule has 0 bridgehead atoms. The van der Waals surface area contributed by atoms with Crippen LogP contribution in [-0.4, -0.2) is 76.2 Å². The van der Waals surface area contributed by atoms with E-state index >= 15 is 0 Å². The summed E-state index contributed by atoms with van der Waals surface area (Å²) in [4.78, 5) is 65.7. The van der Waals surface area contributed by atoms with Crippen LogP contribution in [0.3, 0.4) is 0 Å². The summed E-state index contributed by atoms with van der Waals surface area (Å²) in [6.45, 7) is 6.05. The van der Waals surface area contributed by atoms with Crippen LogP contribution in [0.5, 0.6) is 0 Å². The van der Waals surface area contributed by atoms with E-state index in [-0.39, 0.29) is 18.0 Å². The van der Waals surface area contributed by atoms with Crippen molar-refractivity contribution < 1.29 is 37.9 Å². The number of piperidine rings is 1. The van der Waals surface area contributed by atoms with E-state index in [1.54, 1.807) is 20.8 Å². The second-order valence-corrected chi connectivity index (χ2v) is 12.7. The van der Waals surface area contributed by atoms with Crippen LogP contribution in [0.4, 0.5) is 13.6 Å². The Hall–Kier alpha value is -2.79. The molecule has 12 heteroatoms. The fourth-order valence-corrected chi connectivity index (χ4v) is 5.73. The molecule has 3 atom stereocenters.